The first-order chi connectivity index (χ1) is 18.0. The summed E-state index contributed by atoms with van der Waals surface area (Å²) < 4.78 is 28.0. The van der Waals surface area contributed by atoms with Gasteiger partial charge in [-0.1, -0.05) is 36.4 Å². The lowest BCUT2D eigenvalue weighted by atomic mass is 9.73. The summed E-state index contributed by atoms with van der Waals surface area (Å²) >= 11 is 0. The van der Waals surface area contributed by atoms with Crippen LogP contribution in [0.25, 0.3) is 27.9 Å². The predicted octanol–water partition coefficient (Wildman–Crippen LogP) is 4.80. The van der Waals surface area contributed by atoms with E-state index in [-0.39, 0.29) is 6.61 Å². The highest BCUT2D eigenvalue weighted by atomic mass is 19.1. The lowest BCUT2D eigenvalue weighted by Crippen LogP contribution is -2.45. The highest BCUT2D eigenvalue weighted by molar-refractivity contribution is 5.87. The third-order valence-electron chi connectivity index (χ3n) is 7.11. The molecule has 1 amide bonds. The highest BCUT2D eigenvalue weighted by Gasteiger charge is 2.40. The molecule has 5 aromatic rings. The molecule has 8 heteroatoms. The molecule has 37 heavy (non-hydrogen) atoms. The Hall–Kier alpha value is -4.30. The highest BCUT2D eigenvalue weighted by Crippen LogP contribution is 2.37. The molecule has 1 aliphatic heterocycles. The lowest BCUT2D eigenvalue weighted by molar-refractivity contribution is -0.127. The minimum absolute atomic E-state index is 0.233. The van der Waals surface area contributed by atoms with Crippen molar-refractivity contribution < 1.29 is 18.7 Å². The largest absolute Gasteiger partial charge is 0.489 e. The van der Waals surface area contributed by atoms with Crippen LogP contribution in [0.4, 0.5) is 4.39 Å². The molecule has 3 heterocycles. The third-order valence-corrected chi connectivity index (χ3v) is 7.11. The van der Waals surface area contributed by atoms with Gasteiger partial charge in [-0.25, -0.2) is 4.39 Å². The molecule has 2 N–H and O–H groups in total. The summed E-state index contributed by atoms with van der Waals surface area (Å²) in [4.78, 5) is 12.4. The summed E-state index contributed by atoms with van der Waals surface area (Å²) in [7, 11) is 0. The fourth-order valence-corrected chi connectivity index (χ4v) is 5.10. The van der Waals surface area contributed by atoms with E-state index < -0.39 is 17.1 Å². The minimum atomic E-state index is -0.956. The van der Waals surface area contributed by atoms with Crippen LogP contribution >= 0.6 is 0 Å². The van der Waals surface area contributed by atoms with Crippen LogP contribution in [0.3, 0.4) is 0 Å². The summed E-state index contributed by atoms with van der Waals surface area (Å²) in [5.74, 6) is 0.176. The van der Waals surface area contributed by atoms with E-state index in [1.807, 2.05) is 65.1 Å². The van der Waals surface area contributed by atoms with E-state index in [2.05, 4.69) is 10.2 Å². The SMILES string of the molecule is NC(=O)C1(c2cc(F)cc(OCc3ccc4c(ccc5nnc(-c6ccccc6)n54)c3)c2)CCOCC1. The van der Waals surface area contributed by atoms with Crippen LogP contribution < -0.4 is 10.5 Å². The maximum absolute atomic E-state index is 14.6. The van der Waals surface area contributed by atoms with Crippen LogP contribution in [0.5, 0.6) is 5.75 Å². The molecule has 1 fully saturated rings. The molecule has 2 aromatic heterocycles. The molecule has 1 aliphatic rings. The van der Waals surface area contributed by atoms with Gasteiger partial charge in [-0.3, -0.25) is 9.20 Å². The standard InChI is InChI=1S/C29H25FN4O3/c30-23-15-22(29(28(31)35)10-12-36-13-11-29)16-24(17-23)37-18-19-6-8-25-21(14-19)7-9-26-32-33-27(34(25)26)20-4-2-1-3-5-20/h1-9,14-17H,10-13,18H2,(H2,31,35). The molecule has 0 saturated carbocycles. The van der Waals surface area contributed by atoms with Crippen LogP contribution in [0.15, 0.2) is 78.9 Å². The Bertz CT molecular complexity index is 1610. The summed E-state index contributed by atoms with van der Waals surface area (Å²) in [6.45, 7) is 1.04. The van der Waals surface area contributed by atoms with Gasteiger partial charge < -0.3 is 15.2 Å². The second kappa shape index (κ2) is 9.29. The van der Waals surface area contributed by atoms with E-state index in [1.165, 1.54) is 12.1 Å². The van der Waals surface area contributed by atoms with Gasteiger partial charge in [-0.05, 0) is 65.8 Å². The maximum Gasteiger partial charge on any atom is 0.228 e. The van der Waals surface area contributed by atoms with Crippen molar-refractivity contribution in [3.8, 4) is 17.1 Å². The van der Waals surface area contributed by atoms with Crippen molar-refractivity contribution in [2.24, 2.45) is 5.73 Å². The molecule has 1 saturated heterocycles. The number of nitrogens with two attached hydrogens (primary N) is 1. The zero-order chi connectivity index (χ0) is 25.4. The number of aromatic nitrogens is 3. The Kier molecular flexibility index (Phi) is 5.81. The number of nitrogens with zero attached hydrogens (tertiary/aromatic N) is 3. The van der Waals surface area contributed by atoms with Crippen LogP contribution in [0.1, 0.15) is 24.0 Å². The number of hydrogen-bond acceptors (Lipinski definition) is 5. The smallest absolute Gasteiger partial charge is 0.228 e. The number of carbonyl (C=O) groups excluding carboxylic acids is 1. The topological polar surface area (TPSA) is 91.7 Å². The van der Waals surface area contributed by atoms with E-state index in [0.717, 1.165) is 33.5 Å². The third kappa shape index (κ3) is 4.19. The number of ether oxygens (including phenoxy) is 2. The Labute approximate surface area is 212 Å². The average Bonchev–Trinajstić information content (AvgIpc) is 3.37. The van der Waals surface area contributed by atoms with Crippen molar-refractivity contribution in [2.45, 2.75) is 24.9 Å². The summed E-state index contributed by atoms with van der Waals surface area (Å²) in [6, 6.07) is 24.3. The number of hydrogen-bond donors (Lipinski definition) is 1. The van der Waals surface area contributed by atoms with Crippen LogP contribution in [-0.4, -0.2) is 33.7 Å². The van der Waals surface area contributed by atoms with E-state index in [1.54, 1.807) is 6.07 Å². The van der Waals surface area contributed by atoms with E-state index >= 15 is 0 Å². The van der Waals surface area contributed by atoms with Crippen molar-refractivity contribution >= 4 is 22.5 Å². The average molecular weight is 497 g/mol. The number of amides is 1. The molecule has 0 aliphatic carbocycles. The molecular formula is C29H25FN4O3. The van der Waals surface area contributed by atoms with Gasteiger partial charge in [0.1, 0.15) is 18.2 Å². The van der Waals surface area contributed by atoms with Crippen molar-refractivity contribution in [1.29, 1.82) is 0 Å². The first-order valence-electron chi connectivity index (χ1n) is 12.2. The zero-order valence-electron chi connectivity index (χ0n) is 20.1. The Morgan fingerprint density at radius 1 is 1.00 bits per heavy atom. The Balaban J connectivity index is 1.29. The van der Waals surface area contributed by atoms with Gasteiger partial charge in [0.05, 0.1) is 10.9 Å². The lowest BCUT2D eigenvalue weighted by Gasteiger charge is -2.34. The van der Waals surface area contributed by atoms with Crippen LogP contribution in [-0.2, 0) is 21.6 Å². The molecule has 7 nitrogen and oxygen atoms in total. The van der Waals surface area contributed by atoms with Gasteiger partial charge >= 0.3 is 0 Å². The van der Waals surface area contributed by atoms with Crippen molar-refractivity contribution in [3.05, 3.63) is 95.8 Å². The van der Waals surface area contributed by atoms with Gasteiger partial charge in [-0.15, -0.1) is 10.2 Å². The zero-order valence-corrected chi connectivity index (χ0v) is 20.1. The molecule has 6 rings (SSSR count). The fraction of sp³-hybridized carbons (Fsp3) is 0.207. The van der Waals surface area contributed by atoms with Gasteiger partial charge in [0, 0.05) is 24.8 Å². The minimum Gasteiger partial charge on any atom is -0.489 e. The molecule has 186 valence electrons. The second-order valence-electron chi connectivity index (χ2n) is 9.33. The van der Waals surface area contributed by atoms with Crippen molar-refractivity contribution in [2.75, 3.05) is 13.2 Å². The van der Waals surface area contributed by atoms with E-state index in [9.17, 15) is 9.18 Å². The second-order valence-corrected chi connectivity index (χ2v) is 9.33. The molecule has 0 atom stereocenters. The maximum atomic E-state index is 14.6. The first-order valence-corrected chi connectivity index (χ1v) is 12.2. The molecule has 3 aromatic carbocycles. The van der Waals surface area contributed by atoms with E-state index in [0.29, 0.717) is 37.4 Å². The number of rotatable bonds is 6. The van der Waals surface area contributed by atoms with Gasteiger partial charge in [-0.2, -0.15) is 0 Å². The van der Waals surface area contributed by atoms with Crippen molar-refractivity contribution in [1.82, 2.24) is 14.6 Å². The fourth-order valence-electron chi connectivity index (χ4n) is 5.10. The van der Waals surface area contributed by atoms with Gasteiger partial charge in [0.15, 0.2) is 11.5 Å². The van der Waals surface area contributed by atoms with Gasteiger partial charge in [0.25, 0.3) is 0 Å². The Morgan fingerprint density at radius 3 is 2.59 bits per heavy atom. The Morgan fingerprint density at radius 2 is 1.81 bits per heavy atom. The number of pyridine rings is 1. The summed E-state index contributed by atoms with van der Waals surface area (Å²) in [5, 5.41) is 9.73. The predicted molar refractivity (Wildman–Crippen MR) is 138 cm³/mol. The molecule has 0 unspecified atom stereocenters. The first kappa shape index (κ1) is 23.1. The monoisotopic (exact) mass is 496 g/mol. The molecule has 0 radical (unpaired) electrons. The molecule has 0 spiro atoms. The quantitative estimate of drug-likeness (QED) is 0.365. The van der Waals surface area contributed by atoms with Crippen LogP contribution in [0.2, 0.25) is 0 Å². The summed E-state index contributed by atoms with van der Waals surface area (Å²) in [6.07, 6.45) is 0.830. The van der Waals surface area contributed by atoms with Crippen LogP contribution in [0, 0.1) is 5.82 Å². The number of benzene rings is 3. The van der Waals surface area contributed by atoms with Crippen molar-refractivity contribution in [3.63, 3.8) is 0 Å². The molecular weight excluding hydrogens is 471 g/mol. The summed E-state index contributed by atoms with van der Waals surface area (Å²) in [5.41, 5.74) is 8.97. The number of primary amides is 1. The van der Waals surface area contributed by atoms with E-state index in [4.69, 9.17) is 15.2 Å². The normalized spacial score (nSPS) is 15.2. The number of halogens is 1. The number of carbonyl (C=O) groups is 1. The number of fused-ring (bicyclic) bond motifs is 3. The van der Waals surface area contributed by atoms with Gasteiger partial charge in [0.2, 0.25) is 5.91 Å². The molecule has 0 bridgehead atoms.